The summed E-state index contributed by atoms with van der Waals surface area (Å²) >= 11 is 10.7. The highest BCUT2D eigenvalue weighted by atomic mass is 35.5. The van der Waals surface area contributed by atoms with Gasteiger partial charge in [-0.2, -0.15) is 13.2 Å². The molecule has 0 bridgehead atoms. The molecule has 0 saturated heterocycles. The Kier molecular flexibility index (Phi) is 6.44. The number of carbonyl (C=O) groups excluding carboxylic acids is 1. The van der Waals surface area contributed by atoms with Crippen LogP contribution in [0, 0.1) is 0 Å². The highest BCUT2D eigenvalue weighted by Gasteiger charge is 2.34. The zero-order valence-corrected chi connectivity index (χ0v) is 15.1. The molecule has 9 heteroatoms. The first-order chi connectivity index (χ1) is 12.2. The van der Waals surface area contributed by atoms with Crippen LogP contribution in [0.1, 0.15) is 22.8 Å². The van der Waals surface area contributed by atoms with E-state index in [1.165, 1.54) is 24.3 Å². The zero-order chi connectivity index (χ0) is 19.3. The lowest BCUT2D eigenvalue weighted by Gasteiger charge is -2.16. The van der Waals surface area contributed by atoms with Crippen molar-refractivity contribution in [2.45, 2.75) is 13.1 Å². The van der Waals surface area contributed by atoms with Crippen LogP contribution in [-0.2, 0) is 10.9 Å². The monoisotopic (exact) mass is 402 g/mol. The van der Waals surface area contributed by atoms with E-state index in [9.17, 15) is 18.0 Å². The molecule has 2 rings (SSSR count). The summed E-state index contributed by atoms with van der Waals surface area (Å²) in [6.45, 7) is 1.96. The summed E-state index contributed by atoms with van der Waals surface area (Å²) in [5.74, 6) is -0.462. The number of hydrogen-bond acceptors (Lipinski definition) is 3. The normalized spacial score (nSPS) is 11.0. The van der Waals surface area contributed by atoms with E-state index >= 15 is 0 Å². The van der Waals surface area contributed by atoms with E-state index < -0.39 is 17.7 Å². The van der Waals surface area contributed by atoms with Gasteiger partial charge in [-0.15, -0.1) is 0 Å². The van der Waals surface area contributed by atoms with Crippen LogP contribution in [0.3, 0.4) is 0 Å². The van der Waals surface area contributed by atoms with Gasteiger partial charge in [0, 0.05) is 10.7 Å². The molecule has 0 fully saturated rings. The van der Waals surface area contributed by atoms with Gasteiger partial charge in [-0.25, -0.2) is 4.79 Å². The Labute approximate surface area is 158 Å². The number of ether oxygens (including phenoxy) is 1. The fraction of sp³-hybridized carbons (Fsp3) is 0.176. The summed E-state index contributed by atoms with van der Waals surface area (Å²) in [6, 6.07) is 9.51. The van der Waals surface area contributed by atoms with E-state index in [1.54, 1.807) is 19.1 Å². The second kappa shape index (κ2) is 8.37. The van der Waals surface area contributed by atoms with Crippen molar-refractivity contribution >= 4 is 46.3 Å². The van der Waals surface area contributed by atoms with Crippen molar-refractivity contribution in [3.63, 3.8) is 0 Å². The molecule has 0 unspecified atom stereocenters. The van der Waals surface area contributed by atoms with Crippen molar-refractivity contribution in [1.29, 1.82) is 0 Å². The molecule has 2 N–H and O–H groups in total. The van der Waals surface area contributed by atoms with Crippen LogP contribution < -0.4 is 10.6 Å². The summed E-state index contributed by atoms with van der Waals surface area (Å²) in [6.07, 6.45) is -4.58. The number of carbonyl (C=O) groups is 1. The molecule has 0 spiro atoms. The molecule has 0 aliphatic heterocycles. The highest BCUT2D eigenvalue weighted by molar-refractivity contribution is 7.80. The topological polar surface area (TPSA) is 50.4 Å². The number of hydrogen-bond donors (Lipinski definition) is 2. The Morgan fingerprint density at radius 3 is 2.38 bits per heavy atom. The maximum absolute atomic E-state index is 13.1. The number of benzene rings is 2. The van der Waals surface area contributed by atoms with Gasteiger partial charge in [0.05, 0.1) is 23.4 Å². The molecular weight excluding hydrogens is 389 g/mol. The SMILES string of the molecule is CCOC(=O)c1ccc(NC(=S)Nc2ccc(Cl)cc2C(F)(F)F)cc1. The van der Waals surface area contributed by atoms with Gasteiger partial charge in [0.25, 0.3) is 0 Å². The van der Waals surface area contributed by atoms with Gasteiger partial charge < -0.3 is 15.4 Å². The molecule has 0 heterocycles. The van der Waals surface area contributed by atoms with Gasteiger partial charge in [0.15, 0.2) is 5.11 Å². The minimum atomic E-state index is -4.58. The van der Waals surface area contributed by atoms with E-state index in [2.05, 4.69) is 10.6 Å². The van der Waals surface area contributed by atoms with Crippen molar-refractivity contribution in [3.8, 4) is 0 Å². The molecule has 4 nitrogen and oxygen atoms in total. The Morgan fingerprint density at radius 1 is 1.15 bits per heavy atom. The molecule has 0 atom stereocenters. The lowest BCUT2D eigenvalue weighted by atomic mass is 10.1. The van der Waals surface area contributed by atoms with Gasteiger partial charge in [-0.05, 0) is 61.6 Å². The Bertz CT molecular complexity index is 811. The predicted octanol–water partition coefficient (Wildman–Crippen LogP) is 5.34. The third-order valence-electron chi connectivity index (χ3n) is 3.19. The minimum absolute atomic E-state index is 0.0312. The predicted molar refractivity (Wildman–Crippen MR) is 98.7 cm³/mol. The molecule has 0 aliphatic rings. The highest BCUT2D eigenvalue weighted by Crippen LogP contribution is 2.36. The second-order valence-corrected chi connectivity index (χ2v) is 5.91. The van der Waals surface area contributed by atoms with Gasteiger partial charge >= 0.3 is 12.1 Å². The van der Waals surface area contributed by atoms with Crippen LogP contribution in [-0.4, -0.2) is 17.7 Å². The first-order valence-corrected chi connectivity index (χ1v) is 8.21. The lowest BCUT2D eigenvalue weighted by Crippen LogP contribution is -2.21. The van der Waals surface area contributed by atoms with Crippen molar-refractivity contribution < 1.29 is 22.7 Å². The van der Waals surface area contributed by atoms with Crippen molar-refractivity contribution in [3.05, 3.63) is 58.6 Å². The third kappa shape index (κ3) is 5.34. The van der Waals surface area contributed by atoms with Crippen molar-refractivity contribution in [1.82, 2.24) is 0 Å². The first-order valence-electron chi connectivity index (χ1n) is 7.42. The first kappa shape index (κ1) is 20.0. The van der Waals surface area contributed by atoms with Crippen LogP contribution >= 0.6 is 23.8 Å². The summed E-state index contributed by atoms with van der Waals surface area (Å²) in [4.78, 5) is 11.6. The molecule has 0 aliphatic carbocycles. The molecular formula is C17H14ClF3N2O2S. The summed E-state index contributed by atoms with van der Waals surface area (Å²) in [5, 5.41) is 5.18. The molecule has 0 aromatic heterocycles. The number of anilines is 2. The number of halogens is 4. The average Bonchev–Trinajstić information content (AvgIpc) is 2.56. The molecule has 2 aromatic carbocycles. The van der Waals surface area contributed by atoms with E-state index in [1.807, 2.05) is 0 Å². The summed E-state index contributed by atoms with van der Waals surface area (Å²) in [5.41, 5.74) is -0.291. The number of esters is 1. The number of rotatable bonds is 4. The van der Waals surface area contributed by atoms with E-state index in [-0.39, 0.29) is 22.4 Å². The fourth-order valence-electron chi connectivity index (χ4n) is 2.05. The largest absolute Gasteiger partial charge is 0.462 e. The van der Waals surface area contributed by atoms with Crippen LogP contribution in [0.25, 0.3) is 0 Å². The Morgan fingerprint density at radius 2 is 1.81 bits per heavy atom. The van der Waals surface area contributed by atoms with E-state index in [0.29, 0.717) is 11.3 Å². The quantitative estimate of drug-likeness (QED) is 0.533. The van der Waals surface area contributed by atoms with E-state index in [0.717, 1.165) is 6.07 Å². The smallest absolute Gasteiger partial charge is 0.418 e. The number of thiocarbonyl (C=S) groups is 1. The molecule has 138 valence electrons. The van der Waals surface area contributed by atoms with Crippen LogP contribution in [0.2, 0.25) is 5.02 Å². The standard InChI is InChI=1S/C17H14ClF3N2O2S/c1-2-25-15(24)10-3-6-12(7-4-10)22-16(26)23-14-8-5-11(18)9-13(14)17(19,20)21/h3-9H,2H2,1H3,(H2,22,23,26). The van der Waals surface area contributed by atoms with E-state index in [4.69, 9.17) is 28.6 Å². The van der Waals surface area contributed by atoms with Crippen LogP contribution in [0.15, 0.2) is 42.5 Å². The number of alkyl halides is 3. The minimum Gasteiger partial charge on any atom is -0.462 e. The van der Waals surface area contributed by atoms with Crippen LogP contribution in [0.4, 0.5) is 24.5 Å². The van der Waals surface area contributed by atoms with Gasteiger partial charge in [0.2, 0.25) is 0 Å². The Hall–Kier alpha value is -2.32. The molecule has 26 heavy (non-hydrogen) atoms. The molecule has 0 saturated carbocycles. The second-order valence-electron chi connectivity index (χ2n) is 5.06. The molecule has 0 amide bonds. The molecule has 0 radical (unpaired) electrons. The maximum atomic E-state index is 13.1. The zero-order valence-electron chi connectivity index (χ0n) is 13.5. The lowest BCUT2D eigenvalue weighted by molar-refractivity contribution is -0.136. The maximum Gasteiger partial charge on any atom is 0.418 e. The van der Waals surface area contributed by atoms with Crippen molar-refractivity contribution in [2.75, 3.05) is 17.2 Å². The summed E-state index contributed by atoms with van der Waals surface area (Å²) in [7, 11) is 0. The van der Waals surface area contributed by atoms with Crippen molar-refractivity contribution in [2.24, 2.45) is 0 Å². The van der Waals surface area contributed by atoms with Gasteiger partial charge in [-0.3, -0.25) is 0 Å². The van der Waals surface area contributed by atoms with Crippen LogP contribution in [0.5, 0.6) is 0 Å². The van der Waals surface area contributed by atoms with Gasteiger partial charge in [-0.1, -0.05) is 11.6 Å². The number of nitrogens with one attached hydrogen (secondary N) is 2. The Balaban J connectivity index is 2.09. The fourth-order valence-corrected chi connectivity index (χ4v) is 2.45. The molecule has 2 aromatic rings. The third-order valence-corrected chi connectivity index (χ3v) is 3.63. The summed E-state index contributed by atoms with van der Waals surface area (Å²) < 4.78 is 44.1. The van der Waals surface area contributed by atoms with Gasteiger partial charge in [0.1, 0.15) is 0 Å². The average molecular weight is 403 g/mol.